The topological polar surface area (TPSA) is 148 Å². The number of nitro groups is 2. The number of rotatable bonds is 11. The zero-order valence-electron chi connectivity index (χ0n) is 21.2. The molecule has 3 aromatic carbocycles. The molecule has 0 bridgehead atoms. The van der Waals surface area contributed by atoms with Crippen LogP contribution in [0.15, 0.2) is 72.8 Å². The molecule has 1 heterocycles. The molecule has 11 nitrogen and oxygen atoms in total. The number of ether oxygens (including phenoxy) is 3. The number of hydrogen-bond acceptors (Lipinski definition) is 11. The minimum atomic E-state index is -0.648. The van der Waals surface area contributed by atoms with Gasteiger partial charge in [-0.3, -0.25) is 20.2 Å². The van der Waals surface area contributed by atoms with Gasteiger partial charge in [-0.1, -0.05) is 12.1 Å². The molecule has 1 saturated heterocycles. The predicted octanol–water partition coefficient (Wildman–Crippen LogP) is 5.66. The molecule has 0 spiro atoms. The molecule has 1 fully saturated rings. The Hall–Kier alpha value is -4.10. The largest absolute Gasteiger partial charge is 0.497 e. The minimum Gasteiger partial charge on any atom is -0.497 e. The first-order valence-electron chi connectivity index (χ1n) is 12.0. The highest BCUT2D eigenvalue weighted by Gasteiger charge is 2.39. The maximum Gasteiger partial charge on any atom is 0.338 e. The van der Waals surface area contributed by atoms with Crippen LogP contribution in [0, 0.1) is 20.2 Å². The third-order valence-electron chi connectivity index (χ3n) is 6.03. The van der Waals surface area contributed by atoms with E-state index in [9.17, 15) is 29.8 Å². The van der Waals surface area contributed by atoms with Gasteiger partial charge in [0.05, 0.1) is 37.9 Å². The molecule has 0 aromatic heterocycles. The van der Waals surface area contributed by atoms with Crippen LogP contribution in [0.2, 0.25) is 0 Å². The van der Waals surface area contributed by atoms with Crippen LogP contribution in [0.1, 0.15) is 32.7 Å². The van der Waals surface area contributed by atoms with Crippen LogP contribution in [0.25, 0.3) is 0 Å². The van der Waals surface area contributed by atoms with Crippen LogP contribution >= 0.6 is 23.5 Å². The fourth-order valence-corrected chi connectivity index (χ4v) is 6.88. The molecule has 0 aliphatic carbocycles. The normalized spacial score (nSPS) is 18.1. The summed E-state index contributed by atoms with van der Waals surface area (Å²) >= 11 is 3.21. The Morgan fingerprint density at radius 2 is 1.43 bits per heavy atom. The second kappa shape index (κ2) is 13.3. The Labute approximate surface area is 237 Å². The van der Waals surface area contributed by atoms with E-state index in [4.69, 9.17) is 14.2 Å². The number of carbonyl (C=O) groups excluding carboxylic acids is 2. The Bertz CT molecular complexity index is 1370. The molecule has 1 aliphatic heterocycles. The van der Waals surface area contributed by atoms with Crippen LogP contribution in [-0.4, -0.2) is 51.4 Å². The van der Waals surface area contributed by atoms with Crippen molar-refractivity contribution >= 4 is 46.8 Å². The van der Waals surface area contributed by atoms with Crippen molar-refractivity contribution in [3.8, 4) is 5.75 Å². The van der Waals surface area contributed by atoms with E-state index in [2.05, 4.69) is 0 Å². The van der Waals surface area contributed by atoms with Gasteiger partial charge in [0.25, 0.3) is 11.4 Å². The number of thioether (sulfide) groups is 2. The molecule has 4 rings (SSSR count). The Kier molecular flexibility index (Phi) is 9.61. The van der Waals surface area contributed by atoms with E-state index in [1.807, 2.05) is 24.3 Å². The van der Waals surface area contributed by atoms with Crippen LogP contribution in [0.3, 0.4) is 0 Å². The van der Waals surface area contributed by atoms with Gasteiger partial charge in [-0.15, -0.1) is 23.5 Å². The standard InChI is InChI=1S/C27H24N2O9S2/c1-36-22-12-2-17(3-13-22)16-39-25-14-23(38-27(31)19-6-10-21(11-7-19)29(34)35)24(40-25)15-37-26(30)18-4-8-20(9-5-18)28(32)33/h2-13,23-25H,14-16H2,1H3/t23-,24+,25?/m1/s1. The zero-order valence-corrected chi connectivity index (χ0v) is 22.8. The molecule has 208 valence electrons. The minimum absolute atomic E-state index is 0.0415. The number of non-ortho nitro benzene ring substituents is 2. The molecule has 0 N–H and O–H groups in total. The summed E-state index contributed by atoms with van der Waals surface area (Å²) in [4.78, 5) is 46.1. The molecule has 0 radical (unpaired) electrons. The monoisotopic (exact) mass is 584 g/mol. The zero-order chi connectivity index (χ0) is 28.6. The average Bonchev–Trinajstić information content (AvgIpc) is 3.36. The maximum absolute atomic E-state index is 12.8. The van der Waals surface area contributed by atoms with E-state index in [0.717, 1.165) is 11.3 Å². The summed E-state index contributed by atoms with van der Waals surface area (Å²) in [5.41, 5.74) is 1.15. The quantitative estimate of drug-likeness (QED) is 0.156. The Balaban J connectivity index is 1.41. The van der Waals surface area contributed by atoms with Crippen molar-refractivity contribution in [2.24, 2.45) is 0 Å². The fraction of sp³-hybridized carbons (Fsp3) is 0.259. The number of nitro benzene ring substituents is 2. The smallest absolute Gasteiger partial charge is 0.338 e. The van der Waals surface area contributed by atoms with E-state index in [-0.39, 0.29) is 38.9 Å². The number of esters is 2. The lowest BCUT2D eigenvalue weighted by atomic mass is 10.2. The van der Waals surface area contributed by atoms with Crippen LogP contribution in [-0.2, 0) is 15.2 Å². The van der Waals surface area contributed by atoms with Gasteiger partial charge in [-0.25, -0.2) is 9.59 Å². The van der Waals surface area contributed by atoms with Gasteiger partial charge < -0.3 is 14.2 Å². The first-order valence-corrected chi connectivity index (χ1v) is 14.0. The van der Waals surface area contributed by atoms with Gasteiger partial charge in [0.15, 0.2) is 0 Å². The predicted molar refractivity (Wildman–Crippen MR) is 150 cm³/mol. The molecule has 1 aliphatic rings. The highest BCUT2D eigenvalue weighted by Crippen LogP contribution is 2.43. The molecule has 0 amide bonds. The lowest BCUT2D eigenvalue weighted by Gasteiger charge is -2.19. The summed E-state index contributed by atoms with van der Waals surface area (Å²) in [5.74, 6) is 0.190. The fourth-order valence-electron chi connectivity index (χ4n) is 3.85. The first-order chi connectivity index (χ1) is 19.2. The molecular formula is C27H24N2O9S2. The van der Waals surface area contributed by atoms with Gasteiger partial charge >= 0.3 is 11.9 Å². The van der Waals surface area contributed by atoms with Crippen LogP contribution < -0.4 is 4.74 Å². The SMILES string of the molecule is COc1ccc(CSC2C[C@@H](OC(=O)c3ccc([N+](=O)[O-])cc3)[C@H](COC(=O)c3ccc([N+](=O)[O-])cc3)S2)cc1. The van der Waals surface area contributed by atoms with Crippen molar-refractivity contribution in [2.75, 3.05) is 13.7 Å². The highest BCUT2D eigenvalue weighted by molar-refractivity contribution is 8.17. The van der Waals surface area contributed by atoms with E-state index < -0.39 is 27.9 Å². The third-order valence-corrected chi connectivity index (χ3v) is 9.12. The van der Waals surface area contributed by atoms with E-state index in [1.165, 1.54) is 60.3 Å². The molecule has 3 aromatic rings. The molecule has 13 heteroatoms. The second-order valence-electron chi connectivity index (χ2n) is 8.65. The van der Waals surface area contributed by atoms with Gasteiger partial charge in [0, 0.05) is 36.4 Å². The van der Waals surface area contributed by atoms with Gasteiger partial charge in [0.2, 0.25) is 0 Å². The molecule has 3 atom stereocenters. The van der Waals surface area contributed by atoms with Crippen LogP contribution in [0.5, 0.6) is 5.75 Å². The highest BCUT2D eigenvalue weighted by atomic mass is 32.2. The van der Waals surface area contributed by atoms with E-state index in [1.54, 1.807) is 18.9 Å². The Morgan fingerprint density at radius 1 is 0.875 bits per heavy atom. The lowest BCUT2D eigenvalue weighted by molar-refractivity contribution is -0.385. The summed E-state index contributed by atoms with van der Waals surface area (Å²) in [5, 5.41) is 21.4. The van der Waals surface area contributed by atoms with E-state index >= 15 is 0 Å². The van der Waals surface area contributed by atoms with Crippen molar-refractivity contribution in [3.63, 3.8) is 0 Å². The van der Waals surface area contributed by atoms with E-state index in [0.29, 0.717) is 12.2 Å². The van der Waals surface area contributed by atoms with Gasteiger partial charge in [0.1, 0.15) is 18.5 Å². The summed E-state index contributed by atoms with van der Waals surface area (Å²) in [6.45, 7) is -0.0434. The van der Waals surface area contributed by atoms with Crippen molar-refractivity contribution < 1.29 is 33.6 Å². The van der Waals surface area contributed by atoms with Gasteiger partial charge in [-0.05, 0) is 42.0 Å². The maximum atomic E-state index is 12.8. The lowest BCUT2D eigenvalue weighted by Crippen LogP contribution is -2.29. The summed E-state index contributed by atoms with van der Waals surface area (Å²) in [6.07, 6.45) is -0.0741. The van der Waals surface area contributed by atoms with Crippen molar-refractivity contribution in [3.05, 3.63) is 110 Å². The number of carbonyl (C=O) groups is 2. The second-order valence-corrected chi connectivity index (χ2v) is 11.6. The van der Waals surface area contributed by atoms with Crippen molar-refractivity contribution in [1.29, 1.82) is 0 Å². The van der Waals surface area contributed by atoms with Crippen LogP contribution in [0.4, 0.5) is 11.4 Å². The summed E-state index contributed by atoms with van der Waals surface area (Å²) < 4.78 is 16.5. The number of methoxy groups -OCH3 is 1. The van der Waals surface area contributed by atoms with Crippen molar-refractivity contribution in [1.82, 2.24) is 0 Å². The first kappa shape index (κ1) is 28.9. The molecular weight excluding hydrogens is 560 g/mol. The Morgan fingerprint density at radius 3 is 1.95 bits per heavy atom. The molecule has 0 saturated carbocycles. The number of benzene rings is 3. The molecule has 1 unspecified atom stereocenters. The molecule has 40 heavy (non-hydrogen) atoms. The third kappa shape index (κ3) is 7.51. The average molecular weight is 585 g/mol. The summed E-state index contributed by atoms with van der Waals surface area (Å²) in [7, 11) is 1.60. The summed E-state index contributed by atoms with van der Waals surface area (Å²) in [6, 6.07) is 17.9. The van der Waals surface area contributed by atoms with Gasteiger partial charge in [-0.2, -0.15) is 0 Å². The number of hydrogen-bond donors (Lipinski definition) is 0. The van der Waals surface area contributed by atoms with Crippen molar-refractivity contribution in [2.45, 2.75) is 28.1 Å². The number of nitrogens with zero attached hydrogens (tertiary/aromatic N) is 2.